The van der Waals surface area contributed by atoms with Crippen LogP contribution in [0.15, 0.2) is 29.3 Å². The van der Waals surface area contributed by atoms with Crippen molar-refractivity contribution in [2.24, 2.45) is 7.05 Å². The Hall–Kier alpha value is -0.970. The van der Waals surface area contributed by atoms with E-state index >= 15 is 0 Å². The van der Waals surface area contributed by atoms with Gasteiger partial charge in [-0.3, -0.25) is 4.68 Å². The second-order valence-electron chi connectivity index (χ2n) is 5.57. The van der Waals surface area contributed by atoms with Crippen molar-refractivity contribution in [1.82, 2.24) is 15.1 Å². The van der Waals surface area contributed by atoms with Crippen molar-refractivity contribution in [2.75, 3.05) is 5.75 Å². The van der Waals surface area contributed by atoms with Gasteiger partial charge < -0.3 is 5.32 Å². The summed E-state index contributed by atoms with van der Waals surface area (Å²) in [4.78, 5) is 1.35. The topological polar surface area (TPSA) is 29.9 Å². The zero-order chi connectivity index (χ0) is 15.0. The summed E-state index contributed by atoms with van der Waals surface area (Å²) >= 11 is 8.09. The van der Waals surface area contributed by atoms with Gasteiger partial charge in [-0.2, -0.15) is 5.10 Å². The van der Waals surface area contributed by atoms with Crippen molar-refractivity contribution in [2.45, 2.75) is 37.2 Å². The van der Waals surface area contributed by atoms with Crippen LogP contribution in [0.1, 0.15) is 42.2 Å². The monoisotopic (exact) mass is 321 g/mol. The molecular formula is C16H20ClN3S. The first kappa shape index (κ1) is 14.9. The molecule has 1 aromatic carbocycles. The highest BCUT2D eigenvalue weighted by atomic mass is 35.5. The van der Waals surface area contributed by atoms with Gasteiger partial charge >= 0.3 is 0 Å². The van der Waals surface area contributed by atoms with E-state index in [1.54, 1.807) is 0 Å². The number of benzene rings is 1. The van der Waals surface area contributed by atoms with Gasteiger partial charge in [0.1, 0.15) is 0 Å². The third-order valence-electron chi connectivity index (χ3n) is 4.20. The Morgan fingerprint density at radius 3 is 3.00 bits per heavy atom. The molecule has 5 heteroatoms. The highest BCUT2D eigenvalue weighted by Gasteiger charge is 2.23. The highest BCUT2D eigenvalue weighted by molar-refractivity contribution is 7.99. The molecule has 3 rings (SSSR count). The van der Waals surface area contributed by atoms with Crippen molar-refractivity contribution < 1.29 is 0 Å². The highest BCUT2D eigenvalue weighted by Crippen LogP contribution is 2.38. The predicted molar refractivity (Wildman–Crippen MR) is 89.0 cm³/mol. The van der Waals surface area contributed by atoms with E-state index in [0.29, 0.717) is 6.04 Å². The van der Waals surface area contributed by atoms with E-state index in [1.165, 1.54) is 21.7 Å². The Kier molecular flexibility index (Phi) is 4.29. The number of thioether (sulfide) groups is 1. The lowest BCUT2D eigenvalue weighted by molar-refractivity contribution is 0.448. The van der Waals surface area contributed by atoms with E-state index in [-0.39, 0.29) is 6.04 Å². The normalized spacial score (nSPS) is 19.3. The molecule has 21 heavy (non-hydrogen) atoms. The molecule has 1 aliphatic rings. The van der Waals surface area contributed by atoms with Crippen LogP contribution in [0.3, 0.4) is 0 Å². The fourth-order valence-electron chi connectivity index (χ4n) is 2.87. The fraction of sp³-hybridized carbons (Fsp3) is 0.438. The fourth-order valence-corrected chi connectivity index (χ4v) is 4.16. The number of nitrogens with zero attached hydrogens (tertiary/aromatic N) is 2. The largest absolute Gasteiger partial charge is 0.303 e. The second-order valence-corrected chi connectivity index (χ2v) is 7.14. The average Bonchev–Trinajstić information content (AvgIpc) is 2.80. The first-order valence-corrected chi connectivity index (χ1v) is 8.59. The molecule has 1 aliphatic heterocycles. The molecule has 0 aliphatic carbocycles. The summed E-state index contributed by atoms with van der Waals surface area (Å²) in [7, 11) is 1.98. The Morgan fingerprint density at radius 2 is 2.29 bits per heavy atom. The zero-order valence-electron chi connectivity index (χ0n) is 12.6. The number of halogens is 1. The van der Waals surface area contributed by atoms with Gasteiger partial charge in [0.05, 0.1) is 6.20 Å². The Balaban J connectivity index is 1.83. The molecule has 0 fully saturated rings. The molecule has 0 amide bonds. The summed E-state index contributed by atoms with van der Waals surface area (Å²) in [5.41, 5.74) is 3.80. The van der Waals surface area contributed by atoms with Gasteiger partial charge in [-0.15, -0.1) is 11.8 Å². The third kappa shape index (κ3) is 2.98. The SMILES string of the molecule is Cc1c(C(C)NC2CCSc3ccc(Cl)cc32)cnn1C. The van der Waals surface area contributed by atoms with E-state index < -0.39 is 0 Å². The summed E-state index contributed by atoms with van der Waals surface area (Å²) in [5, 5.41) is 8.90. The molecule has 2 atom stereocenters. The van der Waals surface area contributed by atoms with Gasteiger partial charge in [0.2, 0.25) is 0 Å². The lowest BCUT2D eigenvalue weighted by Gasteiger charge is -2.29. The van der Waals surface area contributed by atoms with E-state index in [4.69, 9.17) is 11.6 Å². The third-order valence-corrected chi connectivity index (χ3v) is 5.56. The van der Waals surface area contributed by atoms with Gasteiger partial charge in [-0.25, -0.2) is 0 Å². The summed E-state index contributed by atoms with van der Waals surface area (Å²) in [6.07, 6.45) is 3.09. The van der Waals surface area contributed by atoms with E-state index in [9.17, 15) is 0 Å². The summed E-state index contributed by atoms with van der Waals surface area (Å²) in [6.45, 7) is 4.32. The molecule has 112 valence electrons. The molecule has 3 nitrogen and oxygen atoms in total. The minimum absolute atomic E-state index is 0.277. The van der Waals surface area contributed by atoms with Crippen LogP contribution >= 0.6 is 23.4 Å². The predicted octanol–water partition coefficient (Wildman–Crippen LogP) is 4.27. The van der Waals surface area contributed by atoms with Gasteiger partial charge in [-0.1, -0.05) is 11.6 Å². The van der Waals surface area contributed by atoms with Crippen LogP contribution in [0.2, 0.25) is 5.02 Å². The summed E-state index contributed by atoms with van der Waals surface area (Å²) in [5.74, 6) is 1.14. The molecule has 2 unspecified atom stereocenters. The molecule has 1 N–H and O–H groups in total. The first-order valence-electron chi connectivity index (χ1n) is 7.23. The lowest BCUT2D eigenvalue weighted by Crippen LogP contribution is -2.27. The number of aromatic nitrogens is 2. The molecule has 2 heterocycles. The zero-order valence-corrected chi connectivity index (χ0v) is 14.1. The lowest BCUT2D eigenvalue weighted by atomic mass is 10.0. The second kappa shape index (κ2) is 6.03. The number of fused-ring (bicyclic) bond motifs is 1. The van der Waals surface area contributed by atoms with Crippen molar-refractivity contribution in [3.05, 3.63) is 46.2 Å². The van der Waals surface area contributed by atoms with Crippen LogP contribution in [0.25, 0.3) is 0 Å². The van der Waals surface area contributed by atoms with Crippen LogP contribution in [0.5, 0.6) is 0 Å². The molecule has 0 spiro atoms. The van der Waals surface area contributed by atoms with Crippen molar-refractivity contribution in [1.29, 1.82) is 0 Å². The number of hydrogen-bond acceptors (Lipinski definition) is 3. The maximum absolute atomic E-state index is 6.17. The van der Waals surface area contributed by atoms with Crippen LogP contribution < -0.4 is 5.32 Å². The van der Waals surface area contributed by atoms with Crippen LogP contribution in [0, 0.1) is 6.92 Å². The van der Waals surface area contributed by atoms with E-state index in [2.05, 4.69) is 36.4 Å². The van der Waals surface area contributed by atoms with Gasteiger partial charge in [-0.05, 0) is 49.8 Å². The number of aryl methyl sites for hydroxylation is 1. The maximum Gasteiger partial charge on any atom is 0.0540 e. The van der Waals surface area contributed by atoms with Crippen LogP contribution in [0.4, 0.5) is 0 Å². The van der Waals surface area contributed by atoms with Crippen molar-refractivity contribution in [3.63, 3.8) is 0 Å². The van der Waals surface area contributed by atoms with Gasteiger partial charge in [0.15, 0.2) is 0 Å². The number of nitrogens with one attached hydrogen (secondary N) is 1. The average molecular weight is 322 g/mol. The van der Waals surface area contributed by atoms with Crippen molar-refractivity contribution >= 4 is 23.4 Å². The minimum atomic E-state index is 0.277. The first-order chi connectivity index (χ1) is 10.1. The molecule has 0 saturated carbocycles. The molecule has 1 aromatic heterocycles. The number of rotatable bonds is 3. The summed E-state index contributed by atoms with van der Waals surface area (Å²) < 4.78 is 1.93. The maximum atomic E-state index is 6.17. The van der Waals surface area contributed by atoms with Crippen LogP contribution in [-0.4, -0.2) is 15.5 Å². The van der Waals surface area contributed by atoms with E-state index in [0.717, 1.165) is 17.2 Å². The number of hydrogen-bond donors (Lipinski definition) is 1. The standard InChI is InChI=1S/C16H20ClN3S/c1-10(14-9-18-20(3)11(14)2)19-15-6-7-21-16-5-4-12(17)8-13(15)16/h4-5,8-10,15,19H,6-7H2,1-3H3. The smallest absolute Gasteiger partial charge is 0.0540 e. The van der Waals surface area contributed by atoms with Gasteiger partial charge in [0, 0.05) is 40.3 Å². The molecular weight excluding hydrogens is 302 g/mol. The Morgan fingerprint density at radius 1 is 1.48 bits per heavy atom. The van der Waals surface area contributed by atoms with Crippen LogP contribution in [-0.2, 0) is 7.05 Å². The molecule has 2 aromatic rings. The molecule has 0 saturated heterocycles. The van der Waals surface area contributed by atoms with Crippen molar-refractivity contribution in [3.8, 4) is 0 Å². The summed E-state index contributed by atoms with van der Waals surface area (Å²) in [6, 6.07) is 6.85. The Labute approximate surface area is 135 Å². The minimum Gasteiger partial charge on any atom is -0.303 e. The Bertz CT molecular complexity index is 653. The van der Waals surface area contributed by atoms with E-state index in [1.807, 2.05) is 35.8 Å². The quantitative estimate of drug-likeness (QED) is 0.915. The molecule has 0 radical (unpaired) electrons. The van der Waals surface area contributed by atoms with Gasteiger partial charge in [0.25, 0.3) is 0 Å². The molecule has 0 bridgehead atoms.